The van der Waals surface area contributed by atoms with Gasteiger partial charge < -0.3 is 4.79 Å². The molecule has 0 heterocycles. The summed E-state index contributed by atoms with van der Waals surface area (Å²) in [5.74, 6) is 2.70. The number of carbonyl (C=O) groups excluding carboxylic acids is 1. The van der Waals surface area contributed by atoms with Crippen molar-refractivity contribution in [1.29, 1.82) is 0 Å². The van der Waals surface area contributed by atoms with Crippen molar-refractivity contribution in [3.8, 4) is 12.3 Å². The molecule has 0 aliphatic heterocycles. The molecule has 0 fully saturated rings. The van der Waals surface area contributed by atoms with Crippen LogP contribution in [0.4, 0.5) is 0 Å². The summed E-state index contributed by atoms with van der Waals surface area (Å²) in [4.78, 5) is 10.4. The molecule has 0 saturated carbocycles. The molecule has 0 saturated heterocycles. The predicted octanol–water partition coefficient (Wildman–Crippen LogP) is 1.94. The van der Waals surface area contributed by atoms with Crippen LogP contribution in [0.3, 0.4) is 0 Å². The number of carbonyl (C=O) groups is 1. The predicted molar refractivity (Wildman–Crippen MR) is 42.5 cm³/mol. The first-order chi connectivity index (χ1) is 4.66. The second kappa shape index (κ2) is 4.81. The maximum atomic E-state index is 10.4. The van der Waals surface area contributed by atoms with Gasteiger partial charge in [0, 0.05) is 6.42 Å². The summed E-state index contributed by atoms with van der Waals surface area (Å²) in [7, 11) is 0. The Bertz CT molecular complexity index is 181. The Hall–Kier alpha value is -1.03. The molecular formula is C9H12O. The van der Waals surface area contributed by atoms with Crippen molar-refractivity contribution in [2.75, 3.05) is 0 Å². The molecule has 0 N–H and O–H groups in total. The molecular weight excluding hydrogens is 124 g/mol. The third-order valence-electron chi connectivity index (χ3n) is 1.17. The second-order valence-electron chi connectivity index (χ2n) is 2.27. The van der Waals surface area contributed by atoms with Crippen LogP contribution in [0.2, 0.25) is 0 Å². The van der Waals surface area contributed by atoms with E-state index in [0.29, 0.717) is 6.42 Å². The van der Waals surface area contributed by atoms with Crippen molar-refractivity contribution in [3.05, 3.63) is 11.6 Å². The van der Waals surface area contributed by atoms with E-state index in [1.165, 1.54) is 0 Å². The molecule has 0 unspecified atom stereocenters. The molecule has 0 rings (SSSR count). The van der Waals surface area contributed by atoms with Gasteiger partial charge in [-0.2, -0.15) is 0 Å². The van der Waals surface area contributed by atoms with Gasteiger partial charge >= 0.3 is 0 Å². The molecule has 0 bridgehead atoms. The van der Waals surface area contributed by atoms with Crippen molar-refractivity contribution < 1.29 is 4.79 Å². The first-order valence-corrected chi connectivity index (χ1v) is 3.29. The number of Topliss-reactive ketones (excluding diaryl/α,β-unsaturated/α-hetero) is 1. The van der Waals surface area contributed by atoms with Gasteiger partial charge in [0.2, 0.25) is 0 Å². The zero-order valence-corrected chi connectivity index (χ0v) is 6.48. The van der Waals surface area contributed by atoms with E-state index in [1.807, 2.05) is 13.0 Å². The number of allylic oxidation sites excluding steroid dienone is 2. The highest BCUT2D eigenvalue weighted by atomic mass is 16.1. The smallest absolute Gasteiger partial charge is 0.130 e. The van der Waals surface area contributed by atoms with Crippen LogP contribution in [0, 0.1) is 12.3 Å². The summed E-state index contributed by atoms with van der Waals surface area (Å²) in [6.45, 7) is 3.44. The van der Waals surface area contributed by atoms with E-state index in [9.17, 15) is 4.79 Å². The molecule has 1 heteroatoms. The molecule has 10 heavy (non-hydrogen) atoms. The lowest BCUT2D eigenvalue weighted by molar-refractivity contribution is -0.116. The van der Waals surface area contributed by atoms with Gasteiger partial charge in [0.1, 0.15) is 5.78 Å². The maximum absolute atomic E-state index is 10.4. The van der Waals surface area contributed by atoms with Gasteiger partial charge in [-0.1, -0.05) is 12.0 Å². The minimum atomic E-state index is 0.209. The van der Waals surface area contributed by atoms with Crippen LogP contribution >= 0.6 is 0 Å². The SMILES string of the molecule is C#C/C(C)=C/CCC(C)=O. The molecule has 0 amide bonds. The summed E-state index contributed by atoms with van der Waals surface area (Å²) in [6, 6.07) is 0. The van der Waals surface area contributed by atoms with E-state index >= 15 is 0 Å². The van der Waals surface area contributed by atoms with Gasteiger partial charge in [0.25, 0.3) is 0 Å². The van der Waals surface area contributed by atoms with Crippen molar-refractivity contribution in [1.82, 2.24) is 0 Å². The molecule has 0 spiro atoms. The molecule has 0 aliphatic carbocycles. The molecule has 1 nitrogen and oxygen atoms in total. The second-order valence-corrected chi connectivity index (χ2v) is 2.27. The standard InChI is InChI=1S/C9H12O/c1-4-8(2)6-5-7-9(3)10/h1,6H,5,7H2,2-3H3/b8-6+. The largest absolute Gasteiger partial charge is 0.300 e. The monoisotopic (exact) mass is 136 g/mol. The van der Waals surface area contributed by atoms with Gasteiger partial charge in [0.15, 0.2) is 0 Å². The summed E-state index contributed by atoms with van der Waals surface area (Å²) in [6.07, 6.45) is 8.36. The third-order valence-corrected chi connectivity index (χ3v) is 1.17. The van der Waals surface area contributed by atoms with Crippen molar-refractivity contribution in [2.24, 2.45) is 0 Å². The van der Waals surface area contributed by atoms with Crippen LogP contribution in [0.1, 0.15) is 26.7 Å². The lowest BCUT2D eigenvalue weighted by Crippen LogP contribution is -1.86. The molecule has 0 atom stereocenters. The summed E-state index contributed by atoms with van der Waals surface area (Å²) in [5.41, 5.74) is 0.904. The third kappa shape index (κ3) is 5.11. The van der Waals surface area contributed by atoms with Gasteiger partial charge in [-0.25, -0.2) is 0 Å². The van der Waals surface area contributed by atoms with Crippen molar-refractivity contribution in [2.45, 2.75) is 26.7 Å². The Labute approximate surface area is 62.1 Å². The Morgan fingerprint density at radius 1 is 1.60 bits per heavy atom. The minimum Gasteiger partial charge on any atom is -0.300 e. The highest BCUT2D eigenvalue weighted by Crippen LogP contribution is 1.96. The number of ketones is 1. The Morgan fingerprint density at radius 2 is 2.20 bits per heavy atom. The minimum absolute atomic E-state index is 0.209. The van der Waals surface area contributed by atoms with E-state index in [-0.39, 0.29) is 5.78 Å². The molecule has 0 radical (unpaired) electrons. The number of rotatable bonds is 3. The van der Waals surface area contributed by atoms with E-state index in [0.717, 1.165) is 12.0 Å². The summed E-state index contributed by atoms with van der Waals surface area (Å²) < 4.78 is 0. The molecule has 0 aromatic rings. The van der Waals surface area contributed by atoms with Gasteiger partial charge in [-0.3, -0.25) is 0 Å². The number of terminal acetylenes is 1. The quantitative estimate of drug-likeness (QED) is 0.542. The van der Waals surface area contributed by atoms with E-state index in [2.05, 4.69) is 5.92 Å². The van der Waals surface area contributed by atoms with Gasteiger partial charge in [-0.05, 0) is 25.8 Å². The lowest BCUT2D eigenvalue weighted by atomic mass is 10.2. The molecule has 0 aromatic carbocycles. The van der Waals surface area contributed by atoms with Crippen LogP contribution in [0.5, 0.6) is 0 Å². The highest BCUT2D eigenvalue weighted by Gasteiger charge is 1.89. The topological polar surface area (TPSA) is 17.1 Å². The van der Waals surface area contributed by atoms with Crippen molar-refractivity contribution >= 4 is 5.78 Å². The average molecular weight is 136 g/mol. The fourth-order valence-electron chi connectivity index (χ4n) is 0.551. The number of hydrogen-bond donors (Lipinski definition) is 0. The fourth-order valence-corrected chi connectivity index (χ4v) is 0.551. The van der Waals surface area contributed by atoms with Crippen LogP contribution in [0.25, 0.3) is 0 Å². The van der Waals surface area contributed by atoms with E-state index in [1.54, 1.807) is 6.92 Å². The van der Waals surface area contributed by atoms with Gasteiger partial charge in [0.05, 0.1) is 0 Å². The van der Waals surface area contributed by atoms with Crippen LogP contribution in [0.15, 0.2) is 11.6 Å². The summed E-state index contributed by atoms with van der Waals surface area (Å²) >= 11 is 0. The van der Waals surface area contributed by atoms with E-state index < -0.39 is 0 Å². The molecule has 54 valence electrons. The average Bonchev–Trinajstić information content (AvgIpc) is 1.87. The summed E-state index contributed by atoms with van der Waals surface area (Å²) in [5, 5.41) is 0. The van der Waals surface area contributed by atoms with Crippen LogP contribution in [-0.4, -0.2) is 5.78 Å². The highest BCUT2D eigenvalue weighted by molar-refractivity contribution is 5.75. The first kappa shape index (κ1) is 8.97. The van der Waals surface area contributed by atoms with Gasteiger partial charge in [-0.15, -0.1) is 6.42 Å². The Kier molecular flexibility index (Phi) is 4.32. The zero-order chi connectivity index (χ0) is 7.98. The zero-order valence-electron chi connectivity index (χ0n) is 6.48. The molecule has 0 aromatic heterocycles. The Balaban J connectivity index is 3.56. The fraction of sp³-hybridized carbons (Fsp3) is 0.444. The lowest BCUT2D eigenvalue weighted by Gasteiger charge is -1.88. The van der Waals surface area contributed by atoms with Crippen LogP contribution < -0.4 is 0 Å². The number of hydrogen-bond acceptors (Lipinski definition) is 1. The Morgan fingerprint density at radius 3 is 2.60 bits per heavy atom. The van der Waals surface area contributed by atoms with E-state index in [4.69, 9.17) is 6.42 Å². The maximum Gasteiger partial charge on any atom is 0.130 e. The molecule has 0 aliphatic rings. The van der Waals surface area contributed by atoms with Crippen LogP contribution in [-0.2, 0) is 4.79 Å². The van der Waals surface area contributed by atoms with Crippen molar-refractivity contribution in [3.63, 3.8) is 0 Å². The first-order valence-electron chi connectivity index (χ1n) is 3.29. The normalized spacial score (nSPS) is 10.7.